The van der Waals surface area contributed by atoms with Gasteiger partial charge in [0.05, 0.1) is 29.8 Å². The van der Waals surface area contributed by atoms with Crippen molar-refractivity contribution < 1.29 is 9.47 Å². The van der Waals surface area contributed by atoms with Crippen LogP contribution in [0.25, 0.3) is 11.0 Å². The van der Waals surface area contributed by atoms with E-state index in [0.29, 0.717) is 36.5 Å². The lowest BCUT2D eigenvalue weighted by atomic mass is 10.3. The number of ether oxygens (including phenoxy) is 2. The van der Waals surface area contributed by atoms with Crippen molar-refractivity contribution in [3.8, 4) is 11.8 Å². The van der Waals surface area contributed by atoms with Gasteiger partial charge in [0.25, 0.3) is 6.01 Å². The highest BCUT2D eigenvalue weighted by Crippen LogP contribution is 2.31. The maximum absolute atomic E-state index is 6.08. The second-order valence-corrected chi connectivity index (χ2v) is 4.15. The average molecular weight is 270 g/mol. The van der Waals surface area contributed by atoms with E-state index in [1.54, 1.807) is 13.2 Å². The summed E-state index contributed by atoms with van der Waals surface area (Å²) in [6.07, 6.45) is 0. The van der Waals surface area contributed by atoms with Crippen LogP contribution in [0.3, 0.4) is 0 Å². The predicted octanol–water partition coefficient (Wildman–Crippen LogP) is 2.06. The van der Waals surface area contributed by atoms with Crippen molar-refractivity contribution in [2.45, 2.75) is 13.5 Å². The predicted molar refractivity (Wildman–Crippen MR) is 71.5 cm³/mol. The number of fused-ring (bicyclic) bond motifs is 1. The number of benzene rings is 1. The van der Waals surface area contributed by atoms with Crippen LogP contribution in [0, 0.1) is 0 Å². The Bertz CT molecular complexity index is 554. The fourth-order valence-corrected chi connectivity index (χ4v) is 2.08. The molecule has 0 amide bonds. The first-order valence-electron chi connectivity index (χ1n) is 5.77. The molecule has 2 rings (SSSR count). The molecule has 0 aliphatic rings. The number of rotatable bonds is 5. The van der Waals surface area contributed by atoms with Crippen molar-refractivity contribution in [3.63, 3.8) is 0 Å². The van der Waals surface area contributed by atoms with E-state index >= 15 is 0 Å². The summed E-state index contributed by atoms with van der Waals surface area (Å²) in [5, 5.41) is 0.533. The first-order chi connectivity index (χ1) is 8.71. The Morgan fingerprint density at radius 3 is 2.83 bits per heavy atom. The monoisotopic (exact) mass is 269 g/mol. The van der Waals surface area contributed by atoms with Gasteiger partial charge in [-0.2, -0.15) is 4.98 Å². The van der Waals surface area contributed by atoms with E-state index in [0.717, 1.165) is 11.0 Å². The van der Waals surface area contributed by atoms with Gasteiger partial charge >= 0.3 is 0 Å². The summed E-state index contributed by atoms with van der Waals surface area (Å²) < 4.78 is 12.6. The summed E-state index contributed by atoms with van der Waals surface area (Å²) in [5.74, 6) is 0.616. The third kappa shape index (κ3) is 2.23. The van der Waals surface area contributed by atoms with Crippen molar-refractivity contribution in [1.82, 2.24) is 9.55 Å². The number of methoxy groups -OCH3 is 1. The number of imidazole rings is 1. The van der Waals surface area contributed by atoms with Crippen LogP contribution in [0.1, 0.15) is 6.92 Å². The van der Waals surface area contributed by atoms with Crippen LogP contribution in [0.5, 0.6) is 11.8 Å². The van der Waals surface area contributed by atoms with E-state index < -0.39 is 0 Å². The van der Waals surface area contributed by atoms with Crippen LogP contribution in [0.15, 0.2) is 12.1 Å². The summed E-state index contributed by atoms with van der Waals surface area (Å²) >= 11 is 6.08. The van der Waals surface area contributed by atoms with Gasteiger partial charge in [0.1, 0.15) is 5.75 Å². The molecule has 1 aromatic heterocycles. The average Bonchev–Trinajstić information content (AvgIpc) is 2.67. The molecule has 2 N–H and O–H groups in total. The summed E-state index contributed by atoms with van der Waals surface area (Å²) in [5.41, 5.74) is 7.30. The summed E-state index contributed by atoms with van der Waals surface area (Å²) in [7, 11) is 1.58. The molecule has 0 saturated carbocycles. The van der Waals surface area contributed by atoms with Crippen LogP contribution in [0.4, 0.5) is 0 Å². The van der Waals surface area contributed by atoms with Crippen molar-refractivity contribution in [1.29, 1.82) is 0 Å². The lowest BCUT2D eigenvalue weighted by Gasteiger charge is -2.08. The Kier molecular flexibility index (Phi) is 3.93. The maximum Gasteiger partial charge on any atom is 0.297 e. The lowest BCUT2D eigenvalue weighted by molar-refractivity contribution is 0.299. The van der Waals surface area contributed by atoms with Crippen molar-refractivity contribution >= 4 is 22.6 Å². The highest BCUT2D eigenvalue weighted by Gasteiger charge is 2.14. The molecule has 5 nitrogen and oxygen atoms in total. The molecule has 6 heteroatoms. The molecular weight excluding hydrogens is 254 g/mol. The smallest absolute Gasteiger partial charge is 0.297 e. The summed E-state index contributed by atoms with van der Waals surface area (Å²) in [6.45, 7) is 3.62. The van der Waals surface area contributed by atoms with Gasteiger partial charge in [0.15, 0.2) is 0 Å². The Labute approximate surface area is 110 Å². The standard InChI is InChI=1S/C12H16ClN3O2/c1-3-18-12-15-9-6-8(13)11(17-2)7-10(9)16(12)5-4-14/h6-7H,3-5,14H2,1-2H3. The summed E-state index contributed by atoms with van der Waals surface area (Å²) in [6, 6.07) is 4.18. The molecule has 1 heterocycles. The first kappa shape index (κ1) is 13.0. The molecule has 0 bridgehead atoms. The topological polar surface area (TPSA) is 62.3 Å². The van der Waals surface area contributed by atoms with Gasteiger partial charge in [-0.25, -0.2) is 0 Å². The highest BCUT2D eigenvalue weighted by atomic mass is 35.5. The molecule has 0 fully saturated rings. The molecule has 2 aromatic rings. The Balaban J connectivity index is 2.61. The van der Waals surface area contributed by atoms with Crippen LogP contribution in [-0.2, 0) is 6.54 Å². The van der Waals surface area contributed by atoms with Crippen LogP contribution >= 0.6 is 11.6 Å². The van der Waals surface area contributed by atoms with Gasteiger partial charge in [-0.05, 0) is 13.0 Å². The molecule has 1 aromatic carbocycles. The number of nitrogens with two attached hydrogens (primary N) is 1. The van der Waals surface area contributed by atoms with Crippen LogP contribution in [-0.4, -0.2) is 29.8 Å². The largest absolute Gasteiger partial charge is 0.495 e. The zero-order valence-corrected chi connectivity index (χ0v) is 11.2. The molecule has 0 aliphatic heterocycles. The highest BCUT2D eigenvalue weighted by molar-refractivity contribution is 6.32. The number of aromatic nitrogens is 2. The van der Waals surface area contributed by atoms with Gasteiger partial charge in [-0.3, -0.25) is 4.57 Å². The fourth-order valence-electron chi connectivity index (χ4n) is 1.85. The minimum Gasteiger partial charge on any atom is -0.495 e. The lowest BCUT2D eigenvalue weighted by Crippen LogP contribution is -2.11. The zero-order chi connectivity index (χ0) is 13.1. The second-order valence-electron chi connectivity index (χ2n) is 3.74. The molecule has 18 heavy (non-hydrogen) atoms. The van der Waals surface area contributed by atoms with Crippen molar-refractivity contribution in [3.05, 3.63) is 17.2 Å². The molecule has 0 unspecified atom stereocenters. The SMILES string of the molecule is CCOc1nc2cc(Cl)c(OC)cc2n1CCN. The molecular formula is C12H16ClN3O2. The Morgan fingerprint density at radius 1 is 1.44 bits per heavy atom. The third-order valence-corrected chi connectivity index (χ3v) is 2.91. The third-order valence-electron chi connectivity index (χ3n) is 2.61. The van der Waals surface area contributed by atoms with Gasteiger partial charge in [-0.1, -0.05) is 11.6 Å². The van der Waals surface area contributed by atoms with Gasteiger partial charge in [-0.15, -0.1) is 0 Å². The minimum atomic E-state index is 0.510. The van der Waals surface area contributed by atoms with Crippen LogP contribution < -0.4 is 15.2 Å². The number of hydrogen-bond donors (Lipinski definition) is 1. The van der Waals surface area contributed by atoms with E-state index in [1.807, 2.05) is 17.6 Å². The molecule has 0 radical (unpaired) electrons. The van der Waals surface area contributed by atoms with Crippen LogP contribution in [0.2, 0.25) is 5.02 Å². The molecule has 0 saturated heterocycles. The minimum absolute atomic E-state index is 0.510. The normalized spacial score (nSPS) is 10.9. The molecule has 0 spiro atoms. The van der Waals surface area contributed by atoms with E-state index in [1.165, 1.54) is 0 Å². The fraction of sp³-hybridized carbons (Fsp3) is 0.417. The van der Waals surface area contributed by atoms with Crippen molar-refractivity contribution in [2.75, 3.05) is 20.3 Å². The number of halogens is 1. The van der Waals surface area contributed by atoms with Crippen molar-refractivity contribution in [2.24, 2.45) is 5.73 Å². The maximum atomic E-state index is 6.08. The van der Waals surface area contributed by atoms with Gasteiger partial charge in [0, 0.05) is 19.2 Å². The number of nitrogens with zero attached hydrogens (tertiary/aromatic N) is 2. The second kappa shape index (κ2) is 5.46. The van der Waals surface area contributed by atoms with Gasteiger partial charge in [0.2, 0.25) is 0 Å². The molecule has 0 atom stereocenters. The first-order valence-corrected chi connectivity index (χ1v) is 6.15. The van der Waals surface area contributed by atoms with Gasteiger partial charge < -0.3 is 15.2 Å². The Hall–Kier alpha value is -1.46. The van der Waals surface area contributed by atoms with E-state index in [4.69, 9.17) is 26.8 Å². The molecule has 98 valence electrons. The Morgan fingerprint density at radius 2 is 2.22 bits per heavy atom. The number of hydrogen-bond acceptors (Lipinski definition) is 4. The summed E-state index contributed by atoms with van der Waals surface area (Å²) in [4.78, 5) is 4.40. The molecule has 0 aliphatic carbocycles. The van der Waals surface area contributed by atoms with E-state index in [2.05, 4.69) is 4.98 Å². The van der Waals surface area contributed by atoms with E-state index in [9.17, 15) is 0 Å². The zero-order valence-electron chi connectivity index (χ0n) is 10.4. The van der Waals surface area contributed by atoms with E-state index in [-0.39, 0.29) is 0 Å². The quantitative estimate of drug-likeness (QED) is 0.902.